The van der Waals surface area contributed by atoms with E-state index in [1.54, 1.807) is 4.90 Å². The van der Waals surface area contributed by atoms with Crippen LogP contribution >= 0.6 is 33.9 Å². The molecular formula is C13H14Cl3NO3S. The van der Waals surface area contributed by atoms with Gasteiger partial charge in [0.2, 0.25) is 0 Å². The number of carbonyl (C=O) groups is 1. The molecule has 1 fully saturated rings. The molecule has 2 rings (SSSR count). The molecule has 8 heteroatoms. The molecule has 0 saturated carbocycles. The predicted octanol–water partition coefficient (Wildman–Crippen LogP) is 3.79. The number of piperidine rings is 1. The van der Waals surface area contributed by atoms with Crippen LogP contribution in [-0.4, -0.2) is 32.3 Å². The molecule has 1 aliphatic heterocycles. The highest BCUT2D eigenvalue weighted by molar-refractivity contribution is 8.13. The summed E-state index contributed by atoms with van der Waals surface area (Å²) < 4.78 is 23.0. The van der Waals surface area contributed by atoms with Gasteiger partial charge in [-0.05, 0) is 30.9 Å². The number of rotatable bonds is 2. The summed E-state index contributed by atoms with van der Waals surface area (Å²) in [5.74, 6) is 0.323. The lowest BCUT2D eigenvalue weighted by Gasteiger charge is -2.30. The van der Waals surface area contributed by atoms with Gasteiger partial charge in [0.05, 0.1) is 10.0 Å². The molecule has 1 aromatic rings. The Balaban J connectivity index is 2.36. The Morgan fingerprint density at radius 3 is 2.33 bits per heavy atom. The summed E-state index contributed by atoms with van der Waals surface area (Å²) in [4.78, 5) is 13.8. The lowest BCUT2D eigenvalue weighted by molar-refractivity contribution is 0.0697. The van der Waals surface area contributed by atoms with E-state index in [0.717, 1.165) is 12.8 Å². The second-order valence-electron chi connectivity index (χ2n) is 5.18. The van der Waals surface area contributed by atoms with Crippen molar-refractivity contribution in [3.8, 4) is 0 Å². The summed E-state index contributed by atoms with van der Waals surface area (Å²) in [6.45, 7) is 3.42. The molecule has 0 atom stereocenters. The maximum atomic E-state index is 12.4. The molecule has 0 radical (unpaired) electrons. The van der Waals surface area contributed by atoms with Gasteiger partial charge in [0.25, 0.3) is 15.0 Å². The zero-order valence-electron chi connectivity index (χ0n) is 11.3. The Morgan fingerprint density at radius 1 is 1.24 bits per heavy atom. The maximum absolute atomic E-state index is 12.4. The van der Waals surface area contributed by atoms with Gasteiger partial charge in [-0.1, -0.05) is 30.1 Å². The summed E-state index contributed by atoms with van der Waals surface area (Å²) in [7, 11) is 1.26. The molecule has 1 aromatic carbocycles. The number of likely N-dealkylation sites (tertiary alicyclic amines) is 1. The molecule has 21 heavy (non-hydrogen) atoms. The monoisotopic (exact) mass is 369 g/mol. The van der Waals surface area contributed by atoms with Gasteiger partial charge in [-0.15, -0.1) is 0 Å². The summed E-state index contributed by atoms with van der Waals surface area (Å²) in [6.07, 6.45) is 1.85. The average molecular weight is 371 g/mol. The Labute approximate surface area is 138 Å². The largest absolute Gasteiger partial charge is 0.339 e. The number of halogens is 3. The molecule has 0 aromatic heterocycles. The van der Waals surface area contributed by atoms with E-state index >= 15 is 0 Å². The van der Waals surface area contributed by atoms with Crippen LogP contribution in [0.25, 0.3) is 0 Å². The van der Waals surface area contributed by atoms with Crippen LogP contribution in [-0.2, 0) is 9.05 Å². The number of benzene rings is 1. The first-order valence-electron chi connectivity index (χ1n) is 6.43. The summed E-state index contributed by atoms with van der Waals surface area (Å²) in [6, 6.07) is 2.55. The van der Waals surface area contributed by atoms with Crippen molar-refractivity contribution in [2.45, 2.75) is 24.7 Å². The van der Waals surface area contributed by atoms with Gasteiger partial charge >= 0.3 is 0 Å². The Hall–Kier alpha value is -0.490. The third kappa shape index (κ3) is 3.83. The molecule has 0 bridgehead atoms. The predicted molar refractivity (Wildman–Crippen MR) is 83.8 cm³/mol. The van der Waals surface area contributed by atoms with Crippen LogP contribution in [0.15, 0.2) is 17.0 Å². The van der Waals surface area contributed by atoms with E-state index in [1.807, 2.05) is 0 Å². The zero-order chi connectivity index (χ0) is 15.8. The Bertz CT molecular complexity index is 667. The third-order valence-electron chi connectivity index (χ3n) is 3.58. The van der Waals surface area contributed by atoms with Crippen molar-refractivity contribution in [2.24, 2.45) is 5.92 Å². The van der Waals surface area contributed by atoms with E-state index in [4.69, 9.17) is 33.9 Å². The highest BCUT2D eigenvalue weighted by atomic mass is 35.7. The first kappa shape index (κ1) is 16.9. The molecule has 1 aliphatic rings. The fourth-order valence-corrected chi connectivity index (χ4v) is 4.02. The van der Waals surface area contributed by atoms with Gasteiger partial charge < -0.3 is 4.90 Å². The van der Waals surface area contributed by atoms with Crippen molar-refractivity contribution < 1.29 is 13.2 Å². The molecule has 4 nitrogen and oxygen atoms in total. The van der Waals surface area contributed by atoms with Gasteiger partial charge in [-0.25, -0.2) is 8.42 Å². The molecule has 1 amide bonds. The zero-order valence-corrected chi connectivity index (χ0v) is 14.4. The van der Waals surface area contributed by atoms with Gasteiger partial charge in [-0.2, -0.15) is 0 Å². The van der Waals surface area contributed by atoms with Crippen molar-refractivity contribution in [2.75, 3.05) is 13.1 Å². The molecule has 0 N–H and O–H groups in total. The quantitative estimate of drug-likeness (QED) is 0.744. The van der Waals surface area contributed by atoms with Gasteiger partial charge in [0.15, 0.2) is 0 Å². The minimum absolute atomic E-state index is 0.00730. The summed E-state index contributed by atoms with van der Waals surface area (Å²) >= 11 is 11.7. The van der Waals surface area contributed by atoms with E-state index in [9.17, 15) is 13.2 Å². The SMILES string of the molecule is CC1CCN(C(=O)c2cc(Cl)c(Cl)c(S(=O)(=O)Cl)c2)CC1. The smallest absolute Gasteiger partial charge is 0.262 e. The number of carbonyl (C=O) groups excluding carboxylic acids is 1. The number of hydrogen-bond donors (Lipinski definition) is 0. The van der Waals surface area contributed by atoms with Crippen molar-refractivity contribution >= 4 is 48.8 Å². The first-order valence-corrected chi connectivity index (χ1v) is 9.49. The van der Waals surface area contributed by atoms with Gasteiger partial charge in [-0.3, -0.25) is 4.79 Å². The number of amides is 1. The second kappa shape index (κ2) is 6.32. The Morgan fingerprint density at radius 2 is 1.81 bits per heavy atom. The molecular weight excluding hydrogens is 357 g/mol. The molecule has 1 saturated heterocycles. The fourth-order valence-electron chi connectivity index (χ4n) is 2.26. The normalized spacial score (nSPS) is 17.0. The van der Waals surface area contributed by atoms with Crippen molar-refractivity contribution in [3.05, 3.63) is 27.7 Å². The minimum atomic E-state index is -4.07. The van der Waals surface area contributed by atoms with Crippen molar-refractivity contribution in [1.82, 2.24) is 4.90 Å². The lowest BCUT2D eigenvalue weighted by atomic mass is 9.98. The van der Waals surface area contributed by atoms with Crippen LogP contribution in [0.1, 0.15) is 30.1 Å². The van der Waals surface area contributed by atoms with E-state index in [-0.39, 0.29) is 26.4 Å². The molecule has 1 heterocycles. The van der Waals surface area contributed by atoms with E-state index in [0.29, 0.717) is 19.0 Å². The van der Waals surface area contributed by atoms with E-state index in [1.165, 1.54) is 12.1 Å². The molecule has 0 spiro atoms. The molecule has 0 aliphatic carbocycles. The molecule has 0 unspecified atom stereocenters. The third-order valence-corrected chi connectivity index (χ3v) is 5.84. The van der Waals surface area contributed by atoms with Crippen LogP contribution in [0, 0.1) is 5.92 Å². The topological polar surface area (TPSA) is 54.5 Å². The Kier molecular flexibility index (Phi) is 5.08. The van der Waals surface area contributed by atoms with Crippen LogP contribution in [0.5, 0.6) is 0 Å². The van der Waals surface area contributed by atoms with E-state index < -0.39 is 9.05 Å². The highest BCUT2D eigenvalue weighted by Gasteiger charge is 2.25. The number of nitrogens with zero attached hydrogens (tertiary/aromatic N) is 1. The van der Waals surface area contributed by atoms with Crippen molar-refractivity contribution in [1.29, 1.82) is 0 Å². The van der Waals surface area contributed by atoms with Crippen molar-refractivity contribution in [3.63, 3.8) is 0 Å². The standard InChI is InChI=1S/C13H14Cl3NO3S/c1-8-2-4-17(5-3-8)13(18)9-6-10(14)12(15)11(7-9)21(16,19)20/h6-8H,2-5H2,1H3. The highest BCUT2D eigenvalue weighted by Crippen LogP contribution is 2.33. The number of hydrogen-bond acceptors (Lipinski definition) is 3. The maximum Gasteiger partial charge on any atom is 0.262 e. The van der Waals surface area contributed by atoms with Gasteiger partial charge in [0, 0.05) is 29.3 Å². The van der Waals surface area contributed by atoms with Crippen LogP contribution in [0.3, 0.4) is 0 Å². The van der Waals surface area contributed by atoms with Gasteiger partial charge in [0.1, 0.15) is 4.90 Å². The van der Waals surface area contributed by atoms with E-state index in [2.05, 4.69) is 6.92 Å². The fraction of sp³-hybridized carbons (Fsp3) is 0.462. The summed E-state index contributed by atoms with van der Waals surface area (Å²) in [5.41, 5.74) is 0.179. The second-order valence-corrected chi connectivity index (χ2v) is 8.50. The van der Waals surface area contributed by atoms with Crippen LogP contribution in [0.2, 0.25) is 10.0 Å². The van der Waals surface area contributed by atoms with Crippen LogP contribution in [0.4, 0.5) is 0 Å². The van der Waals surface area contributed by atoms with Crippen LogP contribution < -0.4 is 0 Å². The summed E-state index contributed by atoms with van der Waals surface area (Å²) in [5, 5.41) is -0.178. The first-order chi connectivity index (χ1) is 9.70. The average Bonchev–Trinajstić information content (AvgIpc) is 2.40. The minimum Gasteiger partial charge on any atom is -0.339 e. The molecule has 116 valence electrons. The lowest BCUT2D eigenvalue weighted by Crippen LogP contribution is -2.37.